The third kappa shape index (κ3) is 2.39. The molecule has 2 N–H and O–H groups in total. The van der Waals surface area contributed by atoms with Crippen LogP contribution in [0.2, 0.25) is 0 Å². The molecule has 2 atom stereocenters. The molecule has 0 saturated heterocycles. The fourth-order valence-electron chi connectivity index (χ4n) is 3.55. The van der Waals surface area contributed by atoms with Crippen molar-refractivity contribution in [1.82, 2.24) is 4.98 Å². The van der Waals surface area contributed by atoms with E-state index in [4.69, 9.17) is 4.74 Å². The number of anilines is 1. The van der Waals surface area contributed by atoms with Gasteiger partial charge in [-0.1, -0.05) is 36.4 Å². The molecule has 0 aliphatic heterocycles. The zero-order chi connectivity index (χ0) is 16.7. The van der Waals surface area contributed by atoms with Crippen LogP contribution in [-0.2, 0) is 6.42 Å². The second-order valence-electron chi connectivity index (χ2n) is 6.26. The van der Waals surface area contributed by atoms with E-state index in [0.29, 0.717) is 6.42 Å². The number of aryl methyl sites for hydroxylation is 1. The molecule has 1 aromatic heterocycles. The first kappa shape index (κ1) is 15.0. The van der Waals surface area contributed by atoms with Crippen LogP contribution in [0.1, 0.15) is 22.9 Å². The van der Waals surface area contributed by atoms with Gasteiger partial charge in [-0.05, 0) is 30.2 Å². The molecule has 0 saturated carbocycles. The zero-order valence-corrected chi connectivity index (χ0v) is 13.8. The molecule has 0 spiro atoms. The van der Waals surface area contributed by atoms with E-state index >= 15 is 0 Å². The standard InChI is InChI=1S/C20H20N2O2/c1-12-10-16(15-8-5-9-18(24-2)20(15)21-12)22-19-14-7-4-3-6-13(14)11-17(19)23/h3-10,17,19,23H,11H2,1-2H3,(H,21,22)/t17-,19+/m1/s1. The molecule has 0 amide bonds. The van der Waals surface area contributed by atoms with Crippen LogP contribution in [0.5, 0.6) is 5.75 Å². The number of para-hydroxylation sites is 1. The first-order chi connectivity index (χ1) is 11.7. The summed E-state index contributed by atoms with van der Waals surface area (Å²) >= 11 is 0. The minimum absolute atomic E-state index is 0.114. The fourth-order valence-corrected chi connectivity index (χ4v) is 3.55. The first-order valence-electron chi connectivity index (χ1n) is 8.14. The van der Waals surface area contributed by atoms with Gasteiger partial charge in [-0.25, -0.2) is 4.98 Å². The van der Waals surface area contributed by atoms with Crippen LogP contribution < -0.4 is 10.1 Å². The van der Waals surface area contributed by atoms with Crippen molar-refractivity contribution in [2.75, 3.05) is 12.4 Å². The van der Waals surface area contributed by atoms with Crippen molar-refractivity contribution in [3.63, 3.8) is 0 Å². The van der Waals surface area contributed by atoms with Crippen LogP contribution in [0.15, 0.2) is 48.5 Å². The maximum atomic E-state index is 10.5. The van der Waals surface area contributed by atoms with Crippen molar-refractivity contribution in [3.05, 3.63) is 65.4 Å². The second kappa shape index (κ2) is 5.80. The third-order valence-electron chi connectivity index (χ3n) is 4.67. The summed E-state index contributed by atoms with van der Waals surface area (Å²) in [4.78, 5) is 4.62. The van der Waals surface area contributed by atoms with Crippen molar-refractivity contribution < 1.29 is 9.84 Å². The predicted octanol–water partition coefficient (Wildman–Crippen LogP) is 3.62. The van der Waals surface area contributed by atoms with Crippen molar-refractivity contribution in [1.29, 1.82) is 0 Å². The van der Waals surface area contributed by atoms with Crippen LogP contribution in [0.25, 0.3) is 10.9 Å². The van der Waals surface area contributed by atoms with E-state index in [2.05, 4.69) is 22.4 Å². The van der Waals surface area contributed by atoms with Crippen molar-refractivity contribution in [2.24, 2.45) is 0 Å². The predicted molar refractivity (Wildman–Crippen MR) is 95.5 cm³/mol. The molecule has 24 heavy (non-hydrogen) atoms. The van der Waals surface area contributed by atoms with Crippen LogP contribution in [-0.4, -0.2) is 23.3 Å². The largest absolute Gasteiger partial charge is 0.494 e. The molecule has 4 rings (SSSR count). The van der Waals surface area contributed by atoms with Crippen LogP contribution in [0.4, 0.5) is 5.69 Å². The lowest BCUT2D eigenvalue weighted by Gasteiger charge is -2.21. The van der Waals surface area contributed by atoms with Gasteiger partial charge in [0.2, 0.25) is 0 Å². The number of nitrogens with one attached hydrogen (secondary N) is 1. The number of aliphatic hydroxyl groups excluding tert-OH is 1. The summed E-state index contributed by atoms with van der Waals surface area (Å²) in [6, 6.07) is 16.0. The number of pyridine rings is 1. The van der Waals surface area contributed by atoms with E-state index < -0.39 is 6.10 Å². The number of fused-ring (bicyclic) bond motifs is 2. The average Bonchev–Trinajstić information content (AvgIpc) is 2.90. The van der Waals surface area contributed by atoms with Crippen LogP contribution in [0, 0.1) is 6.92 Å². The Labute approximate surface area is 141 Å². The number of rotatable bonds is 3. The number of hydrogen-bond acceptors (Lipinski definition) is 4. The molecular formula is C20H20N2O2. The molecule has 4 nitrogen and oxygen atoms in total. The summed E-state index contributed by atoms with van der Waals surface area (Å²) in [7, 11) is 1.66. The van der Waals surface area contributed by atoms with Gasteiger partial charge >= 0.3 is 0 Å². The van der Waals surface area contributed by atoms with Crippen molar-refractivity contribution >= 4 is 16.6 Å². The maximum Gasteiger partial charge on any atom is 0.145 e. The Balaban J connectivity index is 1.81. The van der Waals surface area contributed by atoms with Gasteiger partial charge in [0.25, 0.3) is 0 Å². The average molecular weight is 320 g/mol. The summed E-state index contributed by atoms with van der Waals surface area (Å²) in [5, 5.41) is 15.0. The molecule has 3 aromatic rings. The van der Waals surface area contributed by atoms with Gasteiger partial charge in [-0.3, -0.25) is 0 Å². The molecule has 0 bridgehead atoms. The molecule has 122 valence electrons. The minimum Gasteiger partial charge on any atom is -0.494 e. The van der Waals surface area contributed by atoms with E-state index in [1.54, 1.807) is 7.11 Å². The highest BCUT2D eigenvalue weighted by atomic mass is 16.5. The van der Waals surface area contributed by atoms with Gasteiger partial charge in [0.15, 0.2) is 0 Å². The highest BCUT2D eigenvalue weighted by Crippen LogP contribution is 2.37. The highest BCUT2D eigenvalue weighted by molar-refractivity contribution is 5.95. The molecule has 2 aromatic carbocycles. The molecule has 1 heterocycles. The second-order valence-corrected chi connectivity index (χ2v) is 6.26. The topological polar surface area (TPSA) is 54.4 Å². The van der Waals surface area contributed by atoms with E-state index in [0.717, 1.165) is 33.6 Å². The Kier molecular flexibility index (Phi) is 3.62. The minimum atomic E-state index is -0.434. The third-order valence-corrected chi connectivity index (χ3v) is 4.67. The Bertz CT molecular complexity index is 907. The molecule has 1 aliphatic rings. The zero-order valence-electron chi connectivity index (χ0n) is 13.8. The summed E-state index contributed by atoms with van der Waals surface area (Å²) in [5.74, 6) is 0.756. The van der Waals surface area contributed by atoms with Crippen LogP contribution >= 0.6 is 0 Å². The van der Waals surface area contributed by atoms with Gasteiger partial charge in [-0.15, -0.1) is 0 Å². The SMILES string of the molecule is COc1cccc2c(N[C@H]3c4ccccc4C[C@H]3O)cc(C)nc12. The van der Waals surface area contributed by atoms with Gasteiger partial charge in [0, 0.05) is 23.2 Å². The number of benzene rings is 2. The Morgan fingerprint density at radius 2 is 2.00 bits per heavy atom. The first-order valence-corrected chi connectivity index (χ1v) is 8.14. The summed E-state index contributed by atoms with van der Waals surface area (Å²) in [6.07, 6.45) is 0.246. The smallest absolute Gasteiger partial charge is 0.145 e. The lowest BCUT2D eigenvalue weighted by atomic mass is 10.1. The van der Waals surface area contributed by atoms with E-state index in [1.165, 1.54) is 5.56 Å². The molecular weight excluding hydrogens is 300 g/mol. The fraction of sp³-hybridized carbons (Fsp3) is 0.250. The summed E-state index contributed by atoms with van der Waals surface area (Å²) < 4.78 is 5.45. The molecule has 1 aliphatic carbocycles. The number of aromatic nitrogens is 1. The van der Waals surface area contributed by atoms with Gasteiger partial charge in [-0.2, -0.15) is 0 Å². The summed E-state index contributed by atoms with van der Waals surface area (Å²) in [5.41, 5.74) is 5.08. The molecule has 0 fully saturated rings. The Morgan fingerprint density at radius 1 is 1.17 bits per heavy atom. The van der Waals surface area contributed by atoms with Gasteiger partial charge in [0.05, 0.1) is 19.3 Å². The van der Waals surface area contributed by atoms with E-state index in [1.807, 2.05) is 43.3 Å². The number of ether oxygens (including phenoxy) is 1. The maximum absolute atomic E-state index is 10.5. The Morgan fingerprint density at radius 3 is 2.83 bits per heavy atom. The molecule has 0 unspecified atom stereocenters. The van der Waals surface area contributed by atoms with Gasteiger partial charge < -0.3 is 15.2 Å². The molecule has 4 heteroatoms. The number of methoxy groups -OCH3 is 1. The van der Waals surface area contributed by atoms with E-state index in [-0.39, 0.29) is 6.04 Å². The normalized spacial score (nSPS) is 19.3. The van der Waals surface area contributed by atoms with Crippen LogP contribution in [0.3, 0.4) is 0 Å². The lowest BCUT2D eigenvalue weighted by Crippen LogP contribution is -2.21. The number of nitrogens with zero attached hydrogens (tertiary/aromatic N) is 1. The summed E-state index contributed by atoms with van der Waals surface area (Å²) in [6.45, 7) is 1.97. The highest BCUT2D eigenvalue weighted by Gasteiger charge is 2.31. The molecule has 0 radical (unpaired) electrons. The van der Waals surface area contributed by atoms with Gasteiger partial charge in [0.1, 0.15) is 11.3 Å². The number of aliphatic hydroxyl groups is 1. The Hall–Kier alpha value is -2.59. The van der Waals surface area contributed by atoms with Crippen molar-refractivity contribution in [2.45, 2.75) is 25.5 Å². The monoisotopic (exact) mass is 320 g/mol. The quantitative estimate of drug-likeness (QED) is 0.774. The lowest BCUT2D eigenvalue weighted by molar-refractivity contribution is 0.166. The van der Waals surface area contributed by atoms with Crippen molar-refractivity contribution in [3.8, 4) is 5.75 Å². The number of hydrogen-bond donors (Lipinski definition) is 2. The van der Waals surface area contributed by atoms with E-state index in [9.17, 15) is 5.11 Å².